The van der Waals surface area contributed by atoms with Gasteiger partial charge < -0.3 is 24.8 Å². The minimum Gasteiger partial charge on any atom is -0.496 e. The fourth-order valence-corrected chi connectivity index (χ4v) is 3.52. The molecule has 0 spiro atoms. The van der Waals surface area contributed by atoms with Crippen molar-refractivity contribution >= 4 is 23.9 Å². The highest BCUT2D eigenvalue weighted by Gasteiger charge is 2.35. The molecule has 2 aromatic carbocycles. The molecule has 0 radical (unpaired) electrons. The summed E-state index contributed by atoms with van der Waals surface area (Å²) in [5.74, 6) is 1.50. The van der Waals surface area contributed by atoms with E-state index in [1.54, 1.807) is 19.2 Å². The zero-order valence-corrected chi connectivity index (χ0v) is 17.5. The number of carbonyl (C=O) groups excluding carboxylic acids is 1. The summed E-state index contributed by atoms with van der Waals surface area (Å²) in [6.45, 7) is 7.55. The molecular formula is C21H27ClN2O4. The lowest BCUT2D eigenvalue weighted by Gasteiger charge is -2.19. The second-order valence-corrected chi connectivity index (χ2v) is 6.33. The van der Waals surface area contributed by atoms with Gasteiger partial charge in [-0.05, 0) is 19.2 Å². The molecule has 0 atom stereocenters. The molecule has 0 saturated heterocycles. The van der Waals surface area contributed by atoms with Crippen LogP contribution in [0.5, 0.6) is 17.2 Å². The van der Waals surface area contributed by atoms with Crippen LogP contribution in [-0.2, 0) is 0 Å². The SMILES string of the molecule is CCN(CC)CCOc1cccc2c1-c1c(OC)cc(OC)c(N)c1C2=O.Cl. The zero-order valence-electron chi connectivity index (χ0n) is 16.7. The molecule has 0 amide bonds. The quantitative estimate of drug-likeness (QED) is 0.576. The Bertz CT molecular complexity index is 866. The molecule has 1 aliphatic carbocycles. The Balaban J connectivity index is 0.00000280. The maximum atomic E-state index is 13.0. The van der Waals surface area contributed by atoms with Gasteiger partial charge >= 0.3 is 0 Å². The van der Waals surface area contributed by atoms with Gasteiger partial charge in [-0.2, -0.15) is 0 Å². The van der Waals surface area contributed by atoms with Gasteiger partial charge in [0.2, 0.25) is 0 Å². The van der Waals surface area contributed by atoms with E-state index in [1.807, 2.05) is 12.1 Å². The zero-order chi connectivity index (χ0) is 19.6. The summed E-state index contributed by atoms with van der Waals surface area (Å²) in [5, 5.41) is 0. The number of methoxy groups -OCH3 is 2. The average Bonchev–Trinajstić information content (AvgIpc) is 3.00. The Morgan fingerprint density at radius 3 is 2.25 bits per heavy atom. The summed E-state index contributed by atoms with van der Waals surface area (Å²) < 4.78 is 16.9. The van der Waals surface area contributed by atoms with Crippen molar-refractivity contribution in [1.82, 2.24) is 4.90 Å². The van der Waals surface area contributed by atoms with Crippen LogP contribution in [0.1, 0.15) is 29.8 Å². The molecule has 0 bridgehead atoms. The standard InChI is InChI=1S/C21H26N2O4.ClH/c1-5-23(6-2)10-11-27-14-9-7-8-13-17(14)18-15(25-3)12-16(26-4)20(22)19(18)21(13)24;/h7-9,12H,5-6,10-11,22H2,1-4H3;1H. The maximum absolute atomic E-state index is 13.0. The maximum Gasteiger partial charge on any atom is 0.196 e. The minimum atomic E-state index is -0.135. The third-order valence-electron chi connectivity index (χ3n) is 5.04. The number of carbonyl (C=O) groups is 1. The van der Waals surface area contributed by atoms with Crippen molar-refractivity contribution in [2.24, 2.45) is 0 Å². The summed E-state index contributed by atoms with van der Waals surface area (Å²) in [7, 11) is 3.09. The molecule has 7 heteroatoms. The van der Waals surface area contributed by atoms with E-state index in [4.69, 9.17) is 19.9 Å². The number of ether oxygens (including phenoxy) is 3. The van der Waals surface area contributed by atoms with Gasteiger partial charge in [-0.3, -0.25) is 4.79 Å². The molecule has 0 aliphatic heterocycles. The normalized spacial score (nSPS) is 11.7. The van der Waals surface area contributed by atoms with Crippen LogP contribution >= 0.6 is 12.4 Å². The van der Waals surface area contributed by atoms with Gasteiger partial charge in [0.05, 0.1) is 25.5 Å². The first-order valence-electron chi connectivity index (χ1n) is 9.14. The van der Waals surface area contributed by atoms with Gasteiger partial charge in [0, 0.05) is 29.3 Å². The highest BCUT2D eigenvalue weighted by atomic mass is 35.5. The minimum absolute atomic E-state index is 0. The lowest BCUT2D eigenvalue weighted by atomic mass is 10.0. The van der Waals surface area contributed by atoms with Crippen LogP contribution in [0, 0.1) is 0 Å². The molecule has 0 heterocycles. The van der Waals surface area contributed by atoms with Crippen molar-refractivity contribution in [3.05, 3.63) is 35.4 Å². The number of ketones is 1. The van der Waals surface area contributed by atoms with Crippen LogP contribution in [-0.4, -0.2) is 51.1 Å². The number of likely N-dealkylation sites (N-methyl/N-ethyl adjacent to an activating group) is 1. The lowest BCUT2D eigenvalue weighted by Crippen LogP contribution is -2.28. The van der Waals surface area contributed by atoms with E-state index in [0.717, 1.165) is 25.2 Å². The van der Waals surface area contributed by atoms with Gasteiger partial charge in [-0.25, -0.2) is 0 Å². The van der Waals surface area contributed by atoms with Crippen molar-refractivity contribution in [3.8, 4) is 28.4 Å². The van der Waals surface area contributed by atoms with Crippen LogP contribution in [0.3, 0.4) is 0 Å². The number of hydrogen-bond acceptors (Lipinski definition) is 6. The number of rotatable bonds is 8. The largest absolute Gasteiger partial charge is 0.496 e. The highest BCUT2D eigenvalue weighted by molar-refractivity contribution is 6.26. The molecule has 0 saturated carbocycles. The second-order valence-electron chi connectivity index (χ2n) is 6.33. The van der Waals surface area contributed by atoms with Crippen molar-refractivity contribution in [2.45, 2.75) is 13.8 Å². The van der Waals surface area contributed by atoms with E-state index in [2.05, 4.69) is 18.7 Å². The Kier molecular flexibility index (Phi) is 7.16. The average molecular weight is 407 g/mol. The number of nitrogens with two attached hydrogens (primary N) is 1. The van der Waals surface area contributed by atoms with Gasteiger partial charge in [0.1, 0.15) is 23.9 Å². The number of benzene rings is 2. The monoisotopic (exact) mass is 406 g/mol. The van der Waals surface area contributed by atoms with Gasteiger partial charge in [0.15, 0.2) is 5.78 Å². The van der Waals surface area contributed by atoms with Crippen molar-refractivity contribution < 1.29 is 19.0 Å². The number of fused-ring (bicyclic) bond motifs is 3. The Hall–Kier alpha value is -2.44. The molecule has 28 heavy (non-hydrogen) atoms. The number of nitrogen functional groups attached to an aromatic ring is 1. The Morgan fingerprint density at radius 2 is 1.64 bits per heavy atom. The third kappa shape index (κ3) is 3.62. The molecular weight excluding hydrogens is 380 g/mol. The topological polar surface area (TPSA) is 74.0 Å². The molecule has 152 valence electrons. The van der Waals surface area contributed by atoms with Gasteiger partial charge in [-0.1, -0.05) is 26.0 Å². The predicted octanol–water partition coefficient (Wildman–Crippen LogP) is 3.64. The third-order valence-corrected chi connectivity index (χ3v) is 5.04. The van der Waals surface area contributed by atoms with Crippen LogP contribution in [0.15, 0.2) is 24.3 Å². The summed E-state index contributed by atoms with van der Waals surface area (Å²) in [5.41, 5.74) is 8.94. The molecule has 0 unspecified atom stereocenters. The number of halogens is 1. The lowest BCUT2D eigenvalue weighted by molar-refractivity contribution is 0.104. The first kappa shape index (κ1) is 21.9. The summed E-state index contributed by atoms with van der Waals surface area (Å²) >= 11 is 0. The number of hydrogen-bond donors (Lipinski definition) is 1. The molecule has 2 N–H and O–H groups in total. The fourth-order valence-electron chi connectivity index (χ4n) is 3.52. The molecule has 2 aromatic rings. The van der Waals surface area contributed by atoms with Gasteiger partial charge in [-0.15, -0.1) is 12.4 Å². The van der Waals surface area contributed by atoms with Crippen molar-refractivity contribution in [2.75, 3.05) is 46.2 Å². The van der Waals surface area contributed by atoms with E-state index in [0.29, 0.717) is 46.2 Å². The highest BCUT2D eigenvalue weighted by Crippen LogP contribution is 2.51. The van der Waals surface area contributed by atoms with E-state index in [1.165, 1.54) is 7.11 Å². The summed E-state index contributed by atoms with van der Waals surface area (Å²) in [4.78, 5) is 15.3. The van der Waals surface area contributed by atoms with Crippen LogP contribution in [0.25, 0.3) is 11.1 Å². The van der Waals surface area contributed by atoms with Crippen molar-refractivity contribution in [1.29, 1.82) is 0 Å². The van der Waals surface area contributed by atoms with Crippen LogP contribution < -0.4 is 19.9 Å². The number of anilines is 1. The fraction of sp³-hybridized carbons (Fsp3) is 0.381. The molecule has 0 fully saturated rings. The predicted molar refractivity (Wildman–Crippen MR) is 113 cm³/mol. The second kappa shape index (κ2) is 9.17. The van der Waals surface area contributed by atoms with Crippen molar-refractivity contribution in [3.63, 3.8) is 0 Å². The van der Waals surface area contributed by atoms with Gasteiger partial charge in [0.25, 0.3) is 0 Å². The molecule has 1 aliphatic rings. The van der Waals surface area contributed by atoms with E-state index in [9.17, 15) is 4.79 Å². The first-order chi connectivity index (χ1) is 13.1. The smallest absolute Gasteiger partial charge is 0.196 e. The molecule has 3 rings (SSSR count). The van der Waals surface area contributed by atoms with E-state index in [-0.39, 0.29) is 18.2 Å². The van der Waals surface area contributed by atoms with Crippen LogP contribution in [0.2, 0.25) is 0 Å². The Morgan fingerprint density at radius 1 is 0.964 bits per heavy atom. The summed E-state index contributed by atoms with van der Waals surface area (Å²) in [6.07, 6.45) is 0. The molecule has 6 nitrogen and oxygen atoms in total. The van der Waals surface area contributed by atoms with Crippen LogP contribution in [0.4, 0.5) is 5.69 Å². The first-order valence-corrected chi connectivity index (χ1v) is 9.14. The number of nitrogens with zero attached hydrogens (tertiary/aromatic N) is 1. The summed E-state index contributed by atoms with van der Waals surface area (Å²) in [6, 6.07) is 7.21. The van der Waals surface area contributed by atoms with E-state index >= 15 is 0 Å². The molecule has 0 aromatic heterocycles. The van der Waals surface area contributed by atoms with E-state index < -0.39 is 0 Å². The Labute approximate surface area is 172 Å².